The Morgan fingerprint density at radius 1 is 1.17 bits per heavy atom. The first-order valence-corrected chi connectivity index (χ1v) is 8.34. The van der Waals surface area contributed by atoms with E-state index in [4.69, 9.17) is 0 Å². The van der Waals surface area contributed by atoms with Gasteiger partial charge in [-0.05, 0) is 19.3 Å². The fourth-order valence-corrected chi connectivity index (χ4v) is 3.54. The third-order valence-corrected chi connectivity index (χ3v) is 4.93. The number of nitrogens with one attached hydrogen (secondary N) is 2. The van der Waals surface area contributed by atoms with Crippen LogP contribution >= 0.6 is 0 Å². The lowest BCUT2D eigenvalue weighted by Gasteiger charge is -2.28. The monoisotopic (exact) mass is 277 g/mol. The molecule has 1 saturated heterocycles. The Kier molecular flexibility index (Phi) is 6.55. The number of piperazine rings is 1. The molecule has 5 nitrogen and oxygen atoms in total. The predicted molar refractivity (Wildman–Crippen MR) is 74.6 cm³/mol. The number of rotatable bonds is 7. The predicted octanol–water partition coefficient (Wildman–Crippen LogP) is 0.941. The summed E-state index contributed by atoms with van der Waals surface area (Å²) >= 11 is 0. The third kappa shape index (κ3) is 5.65. The lowest BCUT2D eigenvalue weighted by molar-refractivity contribution is 0.350. The zero-order valence-electron chi connectivity index (χ0n) is 11.8. The van der Waals surface area contributed by atoms with Gasteiger partial charge in [0.05, 0.1) is 0 Å². The summed E-state index contributed by atoms with van der Waals surface area (Å²) in [4.78, 5) is 0. The number of nitrogens with zero attached hydrogens (tertiary/aromatic N) is 1. The van der Waals surface area contributed by atoms with Gasteiger partial charge in [0.25, 0.3) is 10.2 Å². The first-order valence-electron chi connectivity index (χ1n) is 6.90. The quantitative estimate of drug-likeness (QED) is 0.728. The molecule has 0 aromatic rings. The summed E-state index contributed by atoms with van der Waals surface area (Å²) < 4.78 is 28.5. The third-order valence-electron chi connectivity index (χ3n) is 3.18. The van der Waals surface area contributed by atoms with Crippen molar-refractivity contribution in [2.75, 3.05) is 26.2 Å². The molecule has 0 bridgehead atoms. The molecule has 0 aliphatic carbocycles. The minimum absolute atomic E-state index is 0.0173. The van der Waals surface area contributed by atoms with E-state index in [-0.39, 0.29) is 6.04 Å². The molecule has 1 atom stereocenters. The van der Waals surface area contributed by atoms with E-state index >= 15 is 0 Å². The van der Waals surface area contributed by atoms with Crippen LogP contribution in [0.1, 0.15) is 40.0 Å². The first-order chi connectivity index (χ1) is 8.42. The molecule has 1 rings (SSSR count). The Morgan fingerprint density at radius 3 is 2.33 bits per heavy atom. The Balaban J connectivity index is 2.34. The maximum absolute atomic E-state index is 12.1. The smallest absolute Gasteiger partial charge is 0.279 e. The second-order valence-corrected chi connectivity index (χ2v) is 7.20. The molecule has 0 aromatic carbocycles. The Bertz CT molecular complexity index is 324. The highest BCUT2D eigenvalue weighted by Gasteiger charge is 2.24. The van der Waals surface area contributed by atoms with Gasteiger partial charge >= 0.3 is 0 Å². The van der Waals surface area contributed by atoms with Crippen molar-refractivity contribution in [3.05, 3.63) is 0 Å². The van der Waals surface area contributed by atoms with E-state index in [1.54, 1.807) is 0 Å². The van der Waals surface area contributed by atoms with Gasteiger partial charge in [-0.2, -0.15) is 17.4 Å². The van der Waals surface area contributed by atoms with Gasteiger partial charge in [0.1, 0.15) is 0 Å². The zero-order valence-corrected chi connectivity index (χ0v) is 12.6. The molecule has 18 heavy (non-hydrogen) atoms. The fourth-order valence-electron chi connectivity index (χ4n) is 2.10. The molecule has 1 aliphatic heterocycles. The maximum atomic E-state index is 12.1. The van der Waals surface area contributed by atoms with E-state index < -0.39 is 10.2 Å². The van der Waals surface area contributed by atoms with Crippen LogP contribution in [-0.2, 0) is 10.2 Å². The molecule has 1 aliphatic rings. The molecule has 0 spiro atoms. The van der Waals surface area contributed by atoms with Crippen LogP contribution in [0.2, 0.25) is 0 Å². The van der Waals surface area contributed by atoms with Crippen molar-refractivity contribution in [1.29, 1.82) is 0 Å². The lowest BCUT2D eigenvalue weighted by Crippen LogP contribution is -2.52. The van der Waals surface area contributed by atoms with E-state index in [0.717, 1.165) is 32.4 Å². The fraction of sp³-hybridized carbons (Fsp3) is 1.00. The molecule has 2 N–H and O–H groups in total. The van der Waals surface area contributed by atoms with Crippen LogP contribution in [-0.4, -0.2) is 44.9 Å². The molecule has 1 heterocycles. The molecule has 0 amide bonds. The molecule has 0 saturated carbocycles. The first kappa shape index (κ1) is 15.9. The summed E-state index contributed by atoms with van der Waals surface area (Å²) in [6.45, 7) is 8.93. The van der Waals surface area contributed by atoms with Crippen molar-refractivity contribution in [2.45, 2.75) is 46.1 Å². The van der Waals surface area contributed by atoms with Crippen molar-refractivity contribution in [3.8, 4) is 0 Å². The van der Waals surface area contributed by atoms with E-state index in [1.165, 1.54) is 4.31 Å². The summed E-state index contributed by atoms with van der Waals surface area (Å²) in [7, 11) is -3.29. The number of hydrogen-bond acceptors (Lipinski definition) is 3. The van der Waals surface area contributed by atoms with Crippen molar-refractivity contribution in [3.63, 3.8) is 0 Å². The maximum Gasteiger partial charge on any atom is 0.279 e. The van der Waals surface area contributed by atoms with Crippen LogP contribution in [0.15, 0.2) is 0 Å². The van der Waals surface area contributed by atoms with Crippen molar-refractivity contribution in [2.24, 2.45) is 5.92 Å². The molecule has 0 aromatic heterocycles. The van der Waals surface area contributed by atoms with Gasteiger partial charge in [0, 0.05) is 32.2 Å². The average Bonchev–Trinajstić information content (AvgIpc) is 2.29. The van der Waals surface area contributed by atoms with Gasteiger partial charge in [0.2, 0.25) is 0 Å². The largest absolute Gasteiger partial charge is 0.314 e. The zero-order chi connectivity index (χ0) is 13.6. The van der Waals surface area contributed by atoms with Crippen molar-refractivity contribution in [1.82, 2.24) is 14.3 Å². The Morgan fingerprint density at radius 2 is 1.78 bits per heavy atom. The van der Waals surface area contributed by atoms with Gasteiger partial charge < -0.3 is 5.32 Å². The molecule has 1 unspecified atom stereocenters. The van der Waals surface area contributed by atoms with Gasteiger partial charge in [-0.1, -0.05) is 26.7 Å². The molecule has 1 fully saturated rings. The normalized spacial score (nSPS) is 20.2. The average molecular weight is 277 g/mol. The van der Waals surface area contributed by atoms with Crippen LogP contribution in [0.3, 0.4) is 0 Å². The summed E-state index contributed by atoms with van der Waals surface area (Å²) in [5.41, 5.74) is 0. The Labute approximate surface area is 112 Å². The second-order valence-electron chi connectivity index (χ2n) is 5.50. The highest BCUT2D eigenvalue weighted by Crippen LogP contribution is 2.10. The highest BCUT2D eigenvalue weighted by atomic mass is 32.2. The van der Waals surface area contributed by atoms with Gasteiger partial charge in [0.15, 0.2) is 0 Å². The minimum atomic E-state index is -3.29. The summed E-state index contributed by atoms with van der Waals surface area (Å²) in [6, 6.07) is 0.0173. The van der Waals surface area contributed by atoms with Gasteiger partial charge in [-0.25, -0.2) is 0 Å². The molecular formula is C12H27N3O2S. The molecule has 108 valence electrons. The standard InChI is InChI=1S/C12H27N3O2S/c1-11(2)5-4-6-12(3)14-18(16,17)15-9-7-13-8-10-15/h11-14H,4-10H2,1-3H3. The van der Waals surface area contributed by atoms with Crippen LogP contribution in [0.25, 0.3) is 0 Å². The van der Waals surface area contributed by atoms with E-state index in [9.17, 15) is 8.42 Å². The van der Waals surface area contributed by atoms with Crippen molar-refractivity contribution < 1.29 is 8.42 Å². The van der Waals surface area contributed by atoms with Gasteiger partial charge in [-0.3, -0.25) is 0 Å². The van der Waals surface area contributed by atoms with E-state index in [0.29, 0.717) is 19.0 Å². The van der Waals surface area contributed by atoms with Crippen molar-refractivity contribution >= 4 is 10.2 Å². The number of hydrogen-bond donors (Lipinski definition) is 2. The highest BCUT2D eigenvalue weighted by molar-refractivity contribution is 7.87. The van der Waals surface area contributed by atoms with Crippen LogP contribution < -0.4 is 10.0 Å². The summed E-state index contributed by atoms with van der Waals surface area (Å²) in [6.07, 6.45) is 3.13. The van der Waals surface area contributed by atoms with Crippen LogP contribution in [0.4, 0.5) is 0 Å². The topological polar surface area (TPSA) is 61.4 Å². The lowest BCUT2D eigenvalue weighted by atomic mass is 10.0. The molecular weight excluding hydrogens is 250 g/mol. The van der Waals surface area contributed by atoms with Crippen LogP contribution in [0, 0.1) is 5.92 Å². The Hall–Kier alpha value is -0.170. The van der Waals surface area contributed by atoms with E-state index in [2.05, 4.69) is 23.9 Å². The SMILES string of the molecule is CC(C)CCCC(C)NS(=O)(=O)N1CCNCC1. The minimum Gasteiger partial charge on any atom is -0.314 e. The summed E-state index contributed by atoms with van der Waals surface area (Å²) in [5.74, 6) is 0.682. The van der Waals surface area contributed by atoms with Gasteiger partial charge in [-0.15, -0.1) is 0 Å². The molecule has 6 heteroatoms. The summed E-state index contributed by atoms with van der Waals surface area (Å²) in [5, 5.41) is 3.15. The van der Waals surface area contributed by atoms with Crippen LogP contribution in [0.5, 0.6) is 0 Å². The molecule has 0 radical (unpaired) electrons. The van der Waals surface area contributed by atoms with E-state index in [1.807, 2.05) is 6.92 Å². The second kappa shape index (κ2) is 7.43.